The lowest BCUT2D eigenvalue weighted by Crippen LogP contribution is -2.13. The number of aryl methyl sites for hydroxylation is 2. The molecule has 4 aromatic rings. The summed E-state index contributed by atoms with van der Waals surface area (Å²) in [7, 11) is 1.57. The number of hydrogen-bond donors (Lipinski definition) is 1. The molecule has 1 amide bonds. The summed E-state index contributed by atoms with van der Waals surface area (Å²) in [6.45, 7) is 3.85. The molecule has 0 aliphatic carbocycles. The van der Waals surface area contributed by atoms with E-state index < -0.39 is 0 Å². The Hall–Kier alpha value is -3.61. The summed E-state index contributed by atoms with van der Waals surface area (Å²) in [5.41, 5.74) is 3.10. The number of anilines is 1. The molecular weight excluding hydrogens is 346 g/mol. The van der Waals surface area contributed by atoms with Gasteiger partial charge < -0.3 is 13.6 Å². The zero-order chi connectivity index (χ0) is 19.0. The molecule has 0 bridgehead atoms. The van der Waals surface area contributed by atoms with Crippen molar-refractivity contribution in [1.82, 2.24) is 10.2 Å². The minimum absolute atomic E-state index is 0.00222. The van der Waals surface area contributed by atoms with Crippen LogP contribution in [0.5, 0.6) is 5.75 Å². The van der Waals surface area contributed by atoms with Crippen molar-refractivity contribution < 1.29 is 18.4 Å². The minimum Gasteiger partial charge on any atom is -0.493 e. The first-order valence-corrected chi connectivity index (χ1v) is 8.34. The SMILES string of the molecule is COc1cccc2cc(-c3nnc(NC(=O)c4ccc(C)cc4C)o3)oc12. The lowest BCUT2D eigenvalue weighted by molar-refractivity contribution is 0.102. The van der Waals surface area contributed by atoms with E-state index in [1.165, 1.54) is 0 Å². The summed E-state index contributed by atoms with van der Waals surface area (Å²) < 4.78 is 16.6. The van der Waals surface area contributed by atoms with E-state index in [2.05, 4.69) is 15.5 Å². The average Bonchev–Trinajstić information content (AvgIpc) is 3.27. The van der Waals surface area contributed by atoms with E-state index in [9.17, 15) is 4.79 Å². The fourth-order valence-corrected chi connectivity index (χ4v) is 2.91. The van der Waals surface area contributed by atoms with Gasteiger partial charge in [0.25, 0.3) is 11.8 Å². The molecule has 1 N–H and O–H groups in total. The average molecular weight is 363 g/mol. The van der Waals surface area contributed by atoms with Gasteiger partial charge in [-0.15, -0.1) is 5.10 Å². The number of nitrogens with one attached hydrogen (secondary N) is 1. The van der Waals surface area contributed by atoms with Crippen molar-refractivity contribution in [2.24, 2.45) is 0 Å². The predicted molar refractivity (Wildman–Crippen MR) is 99.9 cm³/mol. The number of para-hydroxylation sites is 1. The Kier molecular flexibility index (Phi) is 4.12. The highest BCUT2D eigenvalue weighted by molar-refractivity contribution is 6.04. The van der Waals surface area contributed by atoms with Gasteiger partial charge in [-0.05, 0) is 37.6 Å². The number of benzene rings is 2. The lowest BCUT2D eigenvalue weighted by Gasteiger charge is -2.05. The van der Waals surface area contributed by atoms with Crippen LogP contribution < -0.4 is 10.1 Å². The molecule has 0 spiro atoms. The normalized spacial score (nSPS) is 10.9. The number of methoxy groups -OCH3 is 1. The largest absolute Gasteiger partial charge is 0.493 e. The molecule has 0 aliphatic heterocycles. The molecule has 4 rings (SSSR count). The number of carbonyl (C=O) groups excluding carboxylic acids is 1. The third kappa shape index (κ3) is 3.15. The predicted octanol–water partition coefficient (Wildman–Crippen LogP) is 4.36. The van der Waals surface area contributed by atoms with Crippen LogP contribution in [0.15, 0.2) is 51.3 Å². The van der Waals surface area contributed by atoms with E-state index in [-0.39, 0.29) is 17.8 Å². The number of fused-ring (bicyclic) bond motifs is 1. The zero-order valence-electron chi connectivity index (χ0n) is 15.1. The van der Waals surface area contributed by atoms with Crippen LogP contribution in [0.25, 0.3) is 22.6 Å². The Labute approximate surface area is 155 Å². The van der Waals surface area contributed by atoms with E-state index in [1.807, 2.05) is 38.1 Å². The number of furan rings is 1. The monoisotopic (exact) mass is 363 g/mol. The van der Waals surface area contributed by atoms with Crippen molar-refractivity contribution in [2.75, 3.05) is 12.4 Å². The highest BCUT2D eigenvalue weighted by Crippen LogP contribution is 2.33. The van der Waals surface area contributed by atoms with Crippen molar-refractivity contribution >= 4 is 22.9 Å². The quantitative estimate of drug-likeness (QED) is 0.579. The van der Waals surface area contributed by atoms with Crippen molar-refractivity contribution in [3.05, 3.63) is 59.2 Å². The smallest absolute Gasteiger partial charge is 0.322 e. The van der Waals surface area contributed by atoms with Gasteiger partial charge in [0.05, 0.1) is 7.11 Å². The fraction of sp³-hybridized carbons (Fsp3) is 0.150. The van der Waals surface area contributed by atoms with Crippen LogP contribution in [0.1, 0.15) is 21.5 Å². The second-order valence-corrected chi connectivity index (χ2v) is 6.17. The molecular formula is C20H17N3O4. The second-order valence-electron chi connectivity index (χ2n) is 6.17. The molecule has 0 unspecified atom stereocenters. The molecule has 7 heteroatoms. The number of hydrogen-bond acceptors (Lipinski definition) is 6. The van der Waals surface area contributed by atoms with Crippen molar-refractivity contribution in [1.29, 1.82) is 0 Å². The topological polar surface area (TPSA) is 90.4 Å². The van der Waals surface area contributed by atoms with Gasteiger partial charge in [-0.1, -0.05) is 34.9 Å². The second kappa shape index (κ2) is 6.60. The van der Waals surface area contributed by atoms with Crippen molar-refractivity contribution in [3.63, 3.8) is 0 Å². The molecule has 136 valence electrons. The Morgan fingerprint density at radius 3 is 2.70 bits per heavy atom. The molecule has 0 radical (unpaired) electrons. The Balaban J connectivity index is 1.59. The minimum atomic E-state index is -0.311. The van der Waals surface area contributed by atoms with Crippen LogP contribution in [-0.2, 0) is 0 Å². The molecule has 2 heterocycles. The van der Waals surface area contributed by atoms with Crippen LogP contribution in [0.2, 0.25) is 0 Å². The summed E-state index contributed by atoms with van der Waals surface area (Å²) in [5.74, 6) is 0.869. The third-order valence-electron chi connectivity index (χ3n) is 4.21. The number of ether oxygens (including phenoxy) is 1. The van der Waals surface area contributed by atoms with E-state index in [0.29, 0.717) is 22.7 Å². The van der Waals surface area contributed by atoms with E-state index in [4.69, 9.17) is 13.6 Å². The van der Waals surface area contributed by atoms with Crippen LogP contribution in [0.3, 0.4) is 0 Å². The van der Waals surface area contributed by atoms with Crippen LogP contribution in [0, 0.1) is 13.8 Å². The summed E-state index contributed by atoms with van der Waals surface area (Å²) >= 11 is 0. The van der Waals surface area contributed by atoms with Crippen LogP contribution in [0.4, 0.5) is 6.01 Å². The van der Waals surface area contributed by atoms with Crippen molar-refractivity contribution in [3.8, 4) is 17.4 Å². The van der Waals surface area contributed by atoms with Gasteiger partial charge in [-0.2, -0.15) is 0 Å². The van der Waals surface area contributed by atoms with Crippen LogP contribution >= 0.6 is 0 Å². The Bertz CT molecular complexity index is 1140. The highest BCUT2D eigenvalue weighted by Gasteiger charge is 2.18. The zero-order valence-corrected chi connectivity index (χ0v) is 15.1. The molecule has 7 nitrogen and oxygen atoms in total. The molecule has 0 atom stereocenters. The first kappa shape index (κ1) is 16.8. The van der Waals surface area contributed by atoms with Gasteiger partial charge in [0, 0.05) is 10.9 Å². The van der Waals surface area contributed by atoms with Gasteiger partial charge in [0.15, 0.2) is 17.1 Å². The van der Waals surface area contributed by atoms with Gasteiger partial charge in [-0.3, -0.25) is 10.1 Å². The van der Waals surface area contributed by atoms with E-state index >= 15 is 0 Å². The first-order chi connectivity index (χ1) is 13.0. The lowest BCUT2D eigenvalue weighted by atomic mass is 10.1. The summed E-state index contributed by atoms with van der Waals surface area (Å²) in [5, 5.41) is 11.3. The number of rotatable bonds is 4. The van der Waals surface area contributed by atoms with Gasteiger partial charge in [-0.25, -0.2) is 0 Å². The number of carbonyl (C=O) groups is 1. The Morgan fingerprint density at radius 1 is 1.07 bits per heavy atom. The molecule has 0 saturated carbocycles. The summed E-state index contributed by atoms with van der Waals surface area (Å²) in [6.07, 6.45) is 0. The van der Waals surface area contributed by atoms with E-state index in [0.717, 1.165) is 16.5 Å². The van der Waals surface area contributed by atoms with Crippen LogP contribution in [-0.4, -0.2) is 23.2 Å². The molecule has 0 aliphatic rings. The maximum absolute atomic E-state index is 12.4. The number of aromatic nitrogens is 2. The molecule has 2 aromatic heterocycles. The Morgan fingerprint density at radius 2 is 1.93 bits per heavy atom. The molecule has 0 saturated heterocycles. The first-order valence-electron chi connectivity index (χ1n) is 8.34. The van der Waals surface area contributed by atoms with E-state index in [1.54, 1.807) is 25.3 Å². The molecule has 27 heavy (non-hydrogen) atoms. The van der Waals surface area contributed by atoms with Crippen molar-refractivity contribution in [2.45, 2.75) is 13.8 Å². The number of nitrogens with zero attached hydrogens (tertiary/aromatic N) is 2. The van der Waals surface area contributed by atoms with Gasteiger partial charge in [0.2, 0.25) is 0 Å². The maximum Gasteiger partial charge on any atom is 0.322 e. The summed E-state index contributed by atoms with van der Waals surface area (Å²) in [4.78, 5) is 12.4. The number of amides is 1. The molecule has 0 fully saturated rings. The van der Waals surface area contributed by atoms with Gasteiger partial charge in [0.1, 0.15) is 0 Å². The highest BCUT2D eigenvalue weighted by atomic mass is 16.5. The maximum atomic E-state index is 12.4. The summed E-state index contributed by atoms with van der Waals surface area (Å²) in [6, 6.07) is 12.9. The third-order valence-corrected chi connectivity index (χ3v) is 4.21. The fourth-order valence-electron chi connectivity index (χ4n) is 2.91. The van der Waals surface area contributed by atoms with Gasteiger partial charge >= 0.3 is 6.01 Å². The molecule has 2 aromatic carbocycles. The standard InChI is InChI=1S/C20H17N3O4/c1-11-7-8-14(12(2)9-11)18(24)21-20-23-22-19(27-20)16-10-13-5-4-6-15(25-3)17(13)26-16/h4-10H,1-3H3,(H,21,23,24).